The van der Waals surface area contributed by atoms with Crippen LogP contribution in [0.15, 0.2) is 48.5 Å². The standard InChI is InChI=1S/C20H24N2O3/c1-14-5-9-16(10-6-14)18(23)22-17-11-7-15(8-12-17)13-21-19(24)25-20(2,3)4/h5-12H,13H2,1-4H3,(H,21,24)(H,22,23). The summed E-state index contributed by atoms with van der Waals surface area (Å²) < 4.78 is 5.19. The Hall–Kier alpha value is -2.82. The van der Waals surface area contributed by atoms with E-state index in [4.69, 9.17) is 4.74 Å². The van der Waals surface area contributed by atoms with Crippen molar-refractivity contribution in [3.63, 3.8) is 0 Å². The Balaban J connectivity index is 1.88. The maximum atomic E-state index is 12.2. The van der Waals surface area contributed by atoms with Crippen molar-refractivity contribution in [2.75, 3.05) is 5.32 Å². The van der Waals surface area contributed by atoms with Gasteiger partial charge in [0.2, 0.25) is 0 Å². The Bertz CT molecular complexity index is 729. The molecule has 2 amide bonds. The van der Waals surface area contributed by atoms with E-state index in [9.17, 15) is 9.59 Å². The molecule has 2 aromatic carbocycles. The van der Waals surface area contributed by atoms with Crippen LogP contribution in [0.4, 0.5) is 10.5 Å². The van der Waals surface area contributed by atoms with Crippen LogP contribution in [-0.4, -0.2) is 17.6 Å². The van der Waals surface area contributed by atoms with Gasteiger partial charge in [-0.15, -0.1) is 0 Å². The summed E-state index contributed by atoms with van der Waals surface area (Å²) in [5.41, 5.74) is 2.82. The second-order valence-electron chi connectivity index (χ2n) is 6.87. The molecule has 5 nitrogen and oxygen atoms in total. The molecule has 0 atom stereocenters. The molecule has 5 heteroatoms. The predicted octanol–water partition coefficient (Wildman–Crippen LogP) is 4.27. The van der Waals surface area contributed by atoms with Crippen molar-refractivity contribution in [3.05, 3.63) is 65.2 Å². The lowest BCUT2D eigenvalue weighted by Gasteiger charge is -2.19. The van der Waals surface area contributed by atoms with Crippen LogP contribution in [0.25, 0.3) is 0 Å². The minimum atomic E-state index is -0.520. The topological polar surface area (TPSA) is 67.4 Å². The summed E-state index contributed by atoms with van der Waals surface area (Å²) in [6.45, 7) is 7.79. The second-order valence-corrected chi connectivity index (χ2v) is 6.87. The Morgan fingerprint density at radius 2 is 1.56 bits per heavy atom. The number of alkyl carbamates (subject to hydrolysis) is 1. The van der Waals surface area contributed by atoms with E-state index in [-0.39, 0.29) is 5.91 Å². The molecule has 25 heavy (non-hydrogen) atoms. The molecule has 0 spiro atoms. The van der Waals surface area contributed by atoms with E-state index in [2.05, 4.69) is 10.6 Å². The summed E-state index contributed by atoms with van der Waals surface area (Å²) in [6, 6.07) is 14.7. The number of aryl methyl sites for hydroxylation is 1. The summed E-state index contributed by atoms with van der Waals surface area (Å²) >= 11 is 0. The van der Waals surface area contributed by atoms with Gasteiger partial charge in [-0.3, -0.25) is 4.79 Å². The Labute approximate surface area is 148 Å². The van der Waals surface area contributed by atoms with E-state index in [1.807, 2.05) is 52.0 Å². The minimum absolute atomic E-state index is 0.153. The molecule has 0 aliphatic rings. The molecule has 0 aliphatic carbocycles. The molecule has 0 aliphatic heterocycles. The van der Waals surface area contributed by atoms with Crippen molar-refractivity contribution in [2.24, 2.45) is 0 Å². The van der Waals surface area contributed by atoms with Gasteiger partial charge in [0.1, 0.15) is 5.60 Å². The number of hydrogen-bond donors (Lipinski definition) is 2. The van der Waals surface area contributed by atoms with E-state index in [1.165, 1.54) is 0 Å². The van der Waals surface area contributed by atoms with Gasteiger partial charge >= 0.3 is 6.09 Å². The van der Waals surface area contributed by atoms with Crippen LogP contribution >= 0.6 is 0 Å². The molecule has 0 aromatic heterocycles. The van der Waals surface area contributed by atoms with Gasteiger partial charge in [0.15, 0.2) is 0 Å². The number of benzene rings is 2. The van der Waals surface area contributed by atoms with E-state index < -0.39 is 11.7 Å². The summed E-state index contributed by atoms with van der Waals surface area (Å²) in [4.78, 5) is 23.8. The SMILES string of the molecule is Cc1ccc(C(=O)Nc2ccc(CNC(=O)OC(C)(C)C)cc2)cc1. The molecule has 2 N–H and O–H groups in total. The molecular weight excluding hydrogens is 316 g/mol. The monoisotopic (exact) mass is 340 g/mol. The number of rotatable bonds is 4. The van der Waals surface area contributed by atoms with Crippen molar-refractivity contribution in [2.45, 2.75) is 39.8 Å². The molecule has 0 bridgehead atoms. The average molecular weight is 340 g/mol. The highest BCUT2D eigenvalue weighted by atomic mass is 16.6. The zero-order chi connectivity index (χ0) is 18.4. The third-order valence-electron chi connectivity index (χ3n) is 3.36. The van der Waals surface area contributed by atoms with Crippen LogP contribution in [0.2, 0.25) is 0 Å². The first-order valence-corrected chi connectivity index (χ1v) is 8.17. The number of anilines is 1. The first-order chi connectivity index (χ1) is 11.7. The molecule has 0 saturated heterocycles. The number of amides is 2. The van der Waals surface area contributed by atoms with Gasteiger partial charge in [0.05, 0.1) is 0 Å². The van der Waals surface area contributed by atoms with Crippen LogP contribution in [0.3, 0.4) is 0 Å². The molecule has 2 rings (SSSR count). The molecule has 0 heterocycles. The van der Waals surface area contributed by atoms with Crippen LogP contribution in [0.5, 0.6) is 0 Å². The Morgan fingerprint density at radius 1 is 0.960 bits per heavy atom. The number of hydrogen-bond acceptors (Lipinski definition) is 3. The summed E-state index contributed by atoms with van der Waals surface area (Å²) in [7, 11) is 0. The molecule has 132 valence electrons. The lowest BCUT2D eigenvalue weighted by molar-refractivity contribution is 0.0523. The van der Waals surface area contributed by atoms with Gasteiger partial charge in [0.25, 0.3) is 5.91 Å². The predicted molar refractivity (Wildman–Crippen MR) is 98.6 cm³/mol. The van der Waals surface area contributed by atoms with Crippen molar-refractivity contribution in [1.82, 2.24) is 5.32 Å². The largest absolute Gasteiger partial charge is 0.444 e. The third-order valence-corrected chi connectivity index (χ3v) is 3.36. The van der Waals surface area contributed by atoms with Crippen LogP contribution in [0.1, 0.15) is 42.3 Å². The van der Waals surface area contributed by atoms with Crippen LogP contribution < -0.4 is 10.6 Å². The normalized spacial score (nSPS) is 10.9. The van der Waals surface area contributed by atoms with E-state index in [1.54, 1.807) is 24.3 Å². The number of carbonyl (C=O) groups is 2. The number of ether oxygens (including phenoxy) is 1. The fourth-order valence-electron chi connectivity index (χ4n) is 2.10. The summed E-state index contributed by atoms with van der Waals surface area (Å²) in [5.74, 6) is -0.153. The van der Waals surface area contributed by atoms with Gasteiger partial charge in [0, 0.05) is 17.8 Å². The second kappa shape index (κ2) is 7.83. The first kappa shape index (κ1) is 18.5. The number of carbonyl (C=O) groups excluding carboxylic acids is 2. The van der Waals surface area contributed by atoms with Gasteiger partial charge in [-0.05, 0) is 57.5 Å². The first-order valence-electron chi connectivity index (χ1n) is 8.17. The fraction of sp³-hybridized carbons (Fsp3) is 0.300. The van der Waals surface area contributed by atoms with Crippen molar-refractivity contribution in [1.29, 1.82) is 0 Å². The quantitative estimate of drug-likeness (QED) is 0.873. The van der Waals surface area contributed by atoms with Gasteiger partial charge in [-0.25, -0.2) is 4.79 Å². The molecule has 2 aromatic rings. The maximum absolute atomic E-state index is 12.2. The van der Waals surface area contributed by atoms with E-state index in [0.29, 0.717) is 17.8 Å². The zero-order valence-electron chi connectivity index (χ0n) is 15.1. The zero-order valence-corrected chi connectivity index (χ0v) is 15.1. The van der Waals surface area contributed by atoms with Crippen molar-refractivity contribution < 1.29 is 14.3 Å². The van der Waals surface area contributed by atoms with Gasteiger partial charge in [-0.2, -0.15) is 0 Å². The summed E-state index contributed by atoms with van der Waals surface area (Å²) in [5, 5.41) is 5.55. The smallest absolute Gasteiger partial charge is 0.407 e. The molecule has 0 unspecified atom stereocenters. The van der Waals surface area contributed by atoms with Crippen LogP contribution in [-0.2, 0) is 11.3 Å². The highest BCUT2D eigenvalue weighted by Gasteiger charge is 2.15. The fourth-order valence-corrected chi connectivity index (χ4v) is 2.10. The lowest BCUT2D eigenvalue weighted by atomic mass is 10.1. The third kappa shape index (κ3) is 6.30. The average Bonchev–Trinajstić information content (AvgIpc) is 2.53. The number of nitrogens with one attached hydrogen (secondary N) is 2. The maximum Gasteiger partial charge on any atom is 0.407 e. The van der Waals surface area contributed by atoms with Gasteiger partial charge < -0.3 is 15.4 Å². The highest BCUT2D eigenvalue weighted by molar-refractivity contribution is 6.04. The Kier molecular flexibility index (Phi) is 5.80. The highest BCUT2D eigenvalue weighted by Crippen LogP contribution is 2.12. The van der Waals surface area contributed by atoms with Crippen molar-refractivity contribution >= 4 is 17.7 Å². The summed E-state index contributed by atoms with van der Waals surface area (Å²) in [6.07, 6.45) is -0.454. The molecule has 0 saturated carbocycles. The molecule has 0 radical (unpaired) electrons. The van der Waals surface area contributed by atoms with Crippen molar-refractivity contribution in [3.8, 4) is 0 Å². The minimum Gasteiger partial charge on any atom is -0.444 e. The molecular formula is C20H24N2O3. The molecule has 0 fully saturated rings. The van der Waals surface area contributed by atoms with Crippen LogP contribution in [0, 0.1) is 6.92 Å². The lowest BCUT2D eigenvalue weighted by Crippen LogP contribution is -2.32. The Morgan fingerprint density at radius 3 is 2.12 bits per heavy atom. The van der Waals surface area contributed by atoms with E-state index >= 15 is 0 Å². The van der Waals surface area contributed by atoms with E-state index in [0.717, 1.165) is 11.1 Å². The van der Waals surface area contributed by atoms with Gasteiger partial charge in [-0.1, -0.05) is 29.8 Å².